The lowest BCUT2D eigenvalue weighted by atomic mass is 10.2. The topological polar surface area (TPSA) is 64.0 Å². The summed E-state index contributed by atoms with van der Waals surface area (Å²) in [5.74, 6) is -0.0832. The number of nitrogens with one attached hydrogen (secondary N) is 1. The SMILES string of the molecule is Cc1ccccc1NC(=O)C(C)Sc1nc2sc(C)c(C)c2c(=O)n1C1CCCC1. The van der Waals surface area contributed by atoms with E-state index in [-0.39, 0.29) is 22.8 Å². The number of anilines is 1. The quantitative estimate of drug-likeness (QED) is 0.412. The van der Waals surface area contributed by atoms with Gasteiger partial charge < -0.3 is 5.32 Å². The van der Waals surface area contributed by atoms with Crippen molar-refractivity contribution in [3.05, 3.63) is 50.6 Å². The molecule has 1 atom stereocenters. The molecule has 4 rings (SSSR count). The van der Waals surface area contributed by atoms with Gasteiger partial charge in [0.25, 0.3) is 5.56 Å². The average molecular weight is 442 g/mol. The number of rotatable bonds is 5. The smallest absolute Gasteiger partial charge is 0.263 e. The zero-order valence-electron chi connectivity index (χ0n) is 17.8. The monoisotopic (exact) mass is 441 g/mol. The molecule has 1 N–H and O–H groups in total. The molecule has 0 spiro atoms. The Balaban J connectivity index is 1.69. The van der Waals surface area contributed by atoms with Gasteiger partial charge in [0.15, 0.2) is 5.16 Å². The van der Waals surface area contributed by atoms with Gasteiger partial charge in [-0.15, -0.1) is 11.3 Å². The van der Waals surface area contributed by atoms with Gasteiger partial charge in [0.2, 0.25) is 5.91 Å². The van der Waals surface area contributed by atoms with E-state index in [1.54, 1.807) is 11.3 Å². The lowest BCUT2D eigenvalue weighted by Gasteiger charge is -2.20. The van der Waals surface area contributed by atoms with Crippen LogP contribution in [0.2, 0.25) is 0 Å². The largest absolute Gasteiger partial charge is 0.325 e. The van der Waals surface area contributed by atoms with E-state index in [0.717, 1.165) is 57.6 Å². The van der Waals surface area contributed by atoms with Crippen LogP contribution in [0.15, 0.2) is 34.2 Å². The van der Waals surface area contributed by atoms with Crippen LogP contribution in [0.4, 0.5) is 5.69 Å². The van der Waals surface area contributed by atoms with Crippen LogP contribution in [0, 0.1) is 20.8 Å². The first-order chi connectivity index (χ1) is 14.4. The Morgan fingerprint density at radius 3 is 2.63 bits per heavy atom. The van der Waals surface area contributed by atoms with Crippen LogP contribution in [0.25, 0.3) is 10.2 Å². The molecule has 1 amide bonds. The average Bonchev–Trinajstić information content (AvgIpc) is 3.32. The van der Waals surface area contributed by atoms with E-state index in [1.807, 2.05) is 56.5 Å². The summed E-state index contributed by atoms with van der Waals surface area (Å²) in [5, 5.41) is 4.04. The predicted molar refractivity (Wildman–Crippen MR) is 126 cm³/mol. The molecule has 1 aliphatic rings. The number of para-hydroxylation sites is 1. The molecule has 0 aliphatic heterocycles. The van der Waals surface area contributed by atoms with E-state index in [9.17, 15) is 9.59 Å². The van der Waals surface area contributed by atoms with Crippen LogP contribution in [0.5, 0.6) is 0 Å². The molecule has 2 heterocycles. The summed E-state index contributed by atoms with van der Waals surface area (Å²) in [4.78, 5) is 33.1. The van der Waals surface area contributed by atoms with Crippen molar-refractivity contribution in [2.75, 3.05) is 5.32 Å². The minimum atomic E-state index is -0.372. The maximum Gasteiger partial charge on any atom is 0.263 e. The van der Waals surface area contributed by atoms with Crippen molar-refractivity contribution in [2.24, 2.45) is 0 Å². The number of carbonyl (C=O) groups is 1. The second-order valence-electron chi connectivity index (χ2n) is 8.04. The number of carbonyl (C=O) groups excluding carboxylic acids is 1. The van der Waals surface area contributed by atoms with Crippen molar-refractivity contribution >= 4 is 44.9 Å². The van der Waals surface area contributed by atoms with Gasteiger partial charge in [-0.2, -0.15) is 0 Å². The maximum absolute atomic E-state index is 13.5. The molecule has 0 radical (unpaired) electrons. The molecule has 0 saturated heterocycles. The number of aromatic nitrogens is 2. The normalized spacial score (nSPS) is 15.6. The molecule has 1 saturated carbocycles. The van der Waals surface area contributed by atoms with Gasteiger partial charge in [-0.3, -0.25) is 14.2 Å². The van der Waals surface area contributed by atoms with Crippen LogP contribution in [0.3, 0.4) is 0 Å². The Hall–Kier alpha value is -2.12. The van der Waals surface area contributed by atoms with Gasteiger partial charge in [-0.05, 0) is 57.7 Å². The van der Waals surface area contributed by atoms with Gasteiger partial charge in [-0.1, -0.05) is 42.8 Å². The molecule has 2 aromatic heterocycles. The van der Waals surface area contributed by atoms with Gasteiger partial charge >= 0.3 is 0 Å². The highest BCUT2D eigenvalue weighted by molar-refractivity contribution is 8.00. The number of benzene rings is 1. The van der Waals surface area contributed by atoms with Gasteiger partial charge in [-0.25, -0.2) is 4.98 Å². The second kappa shape index (κ2) is 8.55. The molecule has 1 unspecified atom stereocenters. The van der Waals surface area contributed by atoms with Crippen LogP contribution in [-0.2, 0) is 4.79 Å². The lowest BCUT2D eigenvalue weighted by Crippen LogP contribution is -2.29. The summed E-state index contributed by atoms with van der Waals surface area (Å²) in [7, 11) is 0. The molecule has 5 nitrogen and oxygen atoms in total. The summed E-state index contributed by atoms with van der Waals surface area (Å²) >= 11 is 2.94. The van der Waals surface area contributed by atoms with E-state index in [2.05, 4.69) is 5.32 Å². The van der Waals surface area contributed by atoms with Crippen molar-refractivity contribution in [1.82, 2.24) is 9.55 Å². The molecule has 7 heteroatoms. The van der Waals surface area contributed by atoms with E-state index in [4.69, 9.17) is 4.98 Å². The molecule has 3 aromatic rings. The third kappa shape index (κ3) is 3.93. The molecule has 1 fully saturated rings. The number of thioether (sulfide) groups is 1. The maximum atomic E-state index is 13.5. The summed E-state index contributed by atoms with van der Waals surface area (Å²) in [6, 6.07) is 7.91. The molecule has 158 valence electrons. The van der Waals surface area contributed by atoms with Crippen molar-refractivity contribution in [2.45, 2.75) is 69.8 Å². The van der Waals surface area contributed by atoms with Crippen molar-refractivity contribution in [3.63, 3.8) is 0 Å². The summed E-state index contributed by atoms with van der Waals surface area (Å²) in [5.41, 5.74) is 2.91. The number of hydrogen-bond donors (Lipinski definition) is 1. The van der Waals surface area contributed by atoms with E-state index >= 15 is 0 Å². The molecular formula is C23H27N3O2S2. The highest BCUT2D eigenvalue weighted by Gasteiger charge is 2.27. The Labute approximate surface area is 184 Å². The Kier molecular flexibility index (Phi) is 6.02. The first-order valence-electron chi connectivity index (χ1n) is 10.4. The van der Waals surface area contributed by atoms with Crippen molar-refractivity contribution in [1.29, 1.82) is 0 Å². The third-order valence-electron chi connectivity index (χ3n) is 5.95. The van der Waals surface area contributed by atoms with Crippen LogP contribution in [0.1, 0.15) is 54.7 Å². The van der Waals surface area contributed by atoms with E-state index in [1.165, 1.54) is 11.8 Å². The highest BCUT2D eigenvalue weighted by atomic mass is 32.2. The fourth-order valence-corrected chi connectivity index (χ4v) is 6.06. The van der Waals surface area contributed by atoms with E-state index in [0.29, 0.717) is 5.16 Å². The minimum Gasteiger partial charge on any atom is -0.325 e. The first kappa shape index (κ1) is 21.1. The molecular weight excluding hydrogens is 414 g/mol. The van der Waals surface area contributed by atoms with E-state index < -0.39 is 0 Å². The fraction of sp³-hybridized carbons (Fsp3) is 0.435. The molecule has 1 aliphatic carbocycles. The second-order valence-corrected chi connectivity index (χ2v) is 10.5. The van der Waals surface area contributed by atoms with Crippen LogP contribution >= 0.6 is 23.1 Å². The summed E-state index contributed by atoms with van der Waals surface area (Å²) in [6.07, 6.45) is 4.24. The highest BCUT2D eigenvalue weighted by Crippen LogP contribution is 2.35. The zero-order valence-corrected chi connectivity index (χ0v) is 19.5. The number of thiophene rings is 1. The van der Waals surface area contributed by atoms with Gasteiger partial charge in [0.1, 0.15) is 4.83 Å². The fourth-order valence-electron chi connectivity index (χ4n) is 4.01. The number of aryl methyl sites for hydroxylation is 3. The number of hydrogen-bond acceptors (Lipinski definition) is 5. The third-order valence-corrected chi connectivity index (χ3v) is 8.11. The number of amides is 1. The lowest BCUT2D eigenvalue weighted by molar-refractivity contribution is -0.115. The Morgan fingerprint density at radius 1 is 1.23 bits per heavy atom. The molecule has 1 aromatic carbocycles. The zero-order chi connectivity index (χ0) is 21.4. The van der Waals surface area contributed by atoms with Crippen molar-refractivity contribution < 1.29 is 4.79 Å². The Morgan fingerprint density at radius 2 is 1.93 bits per heavy atom. The van der Waals surface area contributed by atoms with Gasteiger partial charge in [0, 0.05) is 16.6 Å². The first-order valence-corrected chi connectivity index (χ1v) is 12.1. The van der Waals surface area contributed by atoms with Crippen LogP contribution in [-0.4, -0.2) is 20.7 Å². The summed E-state index contributed by atoms with van der Waals surface area (Å²) in [6.45, 7) is 7.88. The number of fused-ring (bicyclic) bond motifs is 1. The standard InChI is InChI=1S/C23H27N3O2S2/c1-13-9-5-8-12-18(13)24-20(27)16(4)30-23-25-21-19(14(2)15(3)29-21)22(28)26(23)17-10-6-7-11-17/h5,8-9,12,16-17H,6-7,10-11H2,1-4H3,(H,24,27). The molecule has 30 heavy (non-hydrogen) atoms. The predicted octanol–water partition coefficient (Wildman–Crippen LogP) is 5.62. The number of nitrogens with zero attached hydrogens (tertiary/aromatic N) is 2. The van der Waals surface area contributed by atoms with Crippen molar-refractivity contribution in [3.8, 4) is 0 Å². The Bertz CT molecular complexity index is 1160. The van der Waals surface area contributed by atoms with Crippen LogP contribution < -0.4 is 10.9 Å². The van der Waals surface area contributed by atoms with Gasteiger partial charge in [0.05, 0.1) is 10.6 Å². The minimum absolute atomic E-state index is 0.0442. The summed E-state index contributed by atoms with van der Waals surface area (Å²) < 4.78 is 1.87. The molecule has 0 bridgehead atoms.